The van der Waals surface area contributed by atoms with Crippen molar-refractivity contribution in [1.82, 2.24) is 9.80 Å². The first-order chi connectivity index (χ1) is 9.56. The van der Waals surface area contributed by atoms with E-state index in [1.807, 2.05) is 4.90 Å². The molecule has 2 fully saturated rings. The molecule has 2 heterocycles. The van der Waals surface area contributed by atoms with E-state index in [4.69, 9.17) is 5.73 Å². The molecule has 2 aliphatic heterocycles. The van der Waals surface area contributed by atoms with Crippen LogP contribution in [0.4, 0.5) is 10.1 Å². The van der Waals surface area contributed by atoms with Crippen molar-refractivity contribution in [3.63, 3.8) is 0 Å². The van der Waals surface area contributed by atoms with Crippen molar-refractivity contribution >= 4 is 11.6 Å². The average Bonchev–Trinajstić information content (AvgIpc) is 2.90. The maximum absolute atomic E-state index is 13.7. The third-order valence-corrected chi connectivity index (χ3v) is 4.51. The van der Waals surface area contributed by atoms with Gasteiger partial charge in [-0.2, -0.15) is 0 Å². The standard InChI is InChI=1S/C15H20FN3O/c1-10-13(16)7-11(8-14(10)17)15(20)19-6-5-18-4-2-3-12(18)9-19/h7-8,12H,2-6,9,17H2,1H3. The van der Waals surface area contributed by atoms with Gasteiger partial charge in [0.15, 0.2) is 0 Å². The quantitative estimate of drug-likeness (QED) is 0.794. The number of piperazine rings is 1. The van der Waals surface area contributed by atoms with Crippen molar-refractivity contribution in [3.8, 4) is 0 Å². The fourth-order valence-electron chi connectivity index (χ4n) is 3.18. The molecule has 3 rings (SSSR count). The van der Waals surface area contributed by atoms with Gasteiger partial charge in [-0.3, -0.25) is 9.69 Å². The molecule has 0 bridgehead atoms. The lowest BCUT2D eigenvalue weighted by Gasteiger charge is -2.37. The van der Waals surface area contributed by atoms with Gasteiger partial charge >= 0.3 is 0 Å². The van der Waals surface area contributed by atoms with E-state index in [2.05, 4.69) is 4.90 Å². The summed E-state index contributed by atoms with van der Waals surface area (Å²) < 4.78 is 13.7. The number of halogens is 1. The first kappa shape index (κ1) is 13.4. The van der Waals surface area contributed by atoms with Gasteiger partial charge in [0.05, 0.1) is 0 Å². The molecule has 20 heavy (non-hydrogen) atoms. The SMILES string of the molecule is Cc1c(N)cc(C(=O)N2CCN3CCCC3C2)cc1F. The summed E-state index contributed by atoms with van der Waals surface area (Å²) in [5, 5.41) is 0. The number of hydrogen-bond donors (Lipinski definition) is 1. The van der Waals surface area contributed by atoms with Gasteiger partial charge in [-0.15, -0.1) is 0 Å². The molecule has 0 radical (unpaired) electrons. The largest absolute Gasteiger partial charge is 0.398 e. The zero-order valence-corrected chi connectivity index (χ0v) is 11.7. The summed E-state index contributed by atoms with van der Waals surface area (Å²) in [6.45, 7) is 5.13. The van der Waals surface area contributed by atoms with E-state index in [0.29, 0.717) is 29.4 Å². The molecule has 108 valence electrons. The van der Waals surface area contributed by atoms with Crippen molar-refractivity contribution in [2.45, 2.75) is 25.8 Å². The predicted octanol–water partition coefficient (Wildman–Crippen LogP) is 1.64. The Morgan fingerprint density at radius 2 is 2.15 bits per heavy atom. The summed E-state index contributed by atoms with van der Waals surface area (Å²) in [6, 6.07) is 3.36. The van der Waals surface area contributed by atoms with E-state index < -0.39 is 5.82 Å². The van der Waals surface area contributed by atoms with E-state index in [1.54, 1.807) is 13.0 Å². The summed E-state index contributed by atoms with van der Waals surface area (Å²) in [6.07, 6.45) is 2.35. The highest BCUT2D eigenvalue weighted by Crippen LogP contribution is 2.24. The molecule has 0 saturated carbocycles. The van der Waals surface area contributed by atoms with Crippen molar-refractivity contribution in [2.75, 3.05) is 31.9 Å². The van der Waals surface area contributed by atoms with Gasteiger partial charge in [-0.25, -0.2) is 4.39 Å². The van der Waals surface area contributed by atoms with E-state index >= 15 is 0 Å². The topological polar surface area (TPSA) is 49.6 Å². The lowest BCUT2D eigenvalue weighted by atomic mass is 10.1. The Balaban J connectivity index is 1.79. The number of rotatable bonds is 1. The van der Waals surface area contributed by atoms with Crippen molar-refractivity contribution in [1.29, 1.82) is 0 Å². The molecule has 1 aromatic rings. The molecule has 2 aliphatic rings. The number of anilines is 1. The second kappa shape index (κ2) is 5.05. The summed E-state index contributed by atoms with van der Waals surface area (Å²) in [5.74, 6) is -0.519. The molecule has 0 spiro atoms. The maximum Gasteiger partial charge on any atom is 0.254 e. The van der Waals surface area contributed by atoms with Crippen molar-refractivity contribution in [2.24, 2.45) is 0 Å². The van der Waals surface area contributed by atoms with Crippen LogP contribution in [0.15, 0.2) is 12.1 Å². The highest BCUT2D eigenvalue weighted by Gasteiger charge is 2.32. The van der Waals surface area contributed by atoms with Crippen LogP contribution in [0.25, 0.3) is 0 Å². The maximum atomic E-state index is 13.7. The number of carbonyl (C=O) groups is 1. The number of nitrogens with zero attached hydrogens (tertiary/aromatic N) is 2. The number of carbonyl (C=O) groups excluding carboxylic acids is 1. The van der Waals surface area contributed by atoms with Crippen LogP contribution in [0.1, 0.15) is 28.8 Å². The summed E-state index contributed by atoms with van der Waals surface area (Å²) in [4.78, 5) is 16.8. The summed E-state index contributed by atoms with van der Waals surface area (Å²) in [7, 11) is 0. The van der Waals surface area contributed by atoms with Gasteiger partial charge in [0.2, 0.25) is 0 Å². The average molecular weight is 277 g/mol. The molecule has 1 unspecified atom stereocenters. The molecule has 5 heteroatoms. The third kappa shape index (κ3) is 2.26. The molecule has 4 nitrogen and oxygen atoms in total. The zero-order chi connectivity index (χ0) is 14.3. The number of amides is 1. The van der Waals surface area contributed by atoms with Crippen LogP contribution in [0.3, 0.4) is 0 Å². The number of fused-ring (bicyclic) bond motifs is 1. The Labute approximate surface area is 118 Å². The molecular formula is C15H20FN3O. The van der Waals surface area contributed by atoms with Gasteiger partial charge in [-0.05, 0) is 38.4 Å². The number of nitrogens with two attached hydrogens (primary N) is 1. The molecule has 2 saturated heterocycles. The Kier molecular flexibility index (Phi) is 3.38. The van der Waals surface area contributed by atoms with Gasteiger partial charge < -0.3 is 10.6 Å². The first-order valence-corrected chi connectivity index (χ1v) is 7.15. The lowest BCUT2D eigenvalue weighted by Crippen LogP contribution is -2.52. The van der Waals surface area contributed by atoms with Crippen molar-refractivity contribution < 1.29 is 9.18 Å². The fourth-order valence-corrected chi connectivity index (χ4v) is 3.18. The third-order valence-electron chi connectivity index (χ3n) is 4.51. The molecule has 2 N–H and O–H groups in total. The minimum atomic E-state index is -0.409. The van der Waals surface area contributed by atoms with Crippen LogP contribution in [0, 0.1) is 12.7 Å². The highest BCUT2D eigenvalue weighted by atomic mass is 19.1. The van der Waals surface area contributed by atoms with E-state index in [9.17, 15) is 9.18 Å². The molecular weight excluding hydrogens is 257 g/mol. The monoisotopic (exact) mass is 277 g/mol. The molecule has 0 aromatic heterocycles. The highest BCUT2D eigenvalue weighted by molar-refractivity contribution is 5.95. The van der Waals surface area contributed by atoms with Gasteiger partial charge in [0, 0.05) is 42.5 Å². The van der Waals surface area contributed by atoms with Gasteiger partial charge in [0.1, 0.15) is 5.82 Å². The smallest absolute Gasteiger partial charge is 0.254 e. The second-order valence-electron chi connectivity index (χ2n) is 5.76. The molecule has 1 amide bonds. The Morgan fingerprint density at radius 3 is 2.90 bits per heavy atom. The number of hydrogen-bond acceptors (Lipinski definition) is 3. The van der Waals surface area contributed by atoms with Crippen molar-refractivity contribution in [3.05, 3.63) is 29.1 Å². The van der Waals surface area contributed by atoms with E-state index in [1.165, 1.54) is 12.5 Å². The lowest BCUT2D eigenvalue weighted by molar-refractivity contribution is 0.0571. The van der Waals surface area contributed by atoms with Crippen LogP contribution in [-0.4, -0.2) is 47.9 Å². The van der Waals surface area contributed by atoms with Gasteiger partial charge in [-0.1, -0.05) is 0 Å². The van der Waals surface area contributed by atoms with E-state index in [-0.39, 0.29) is 5.91 Å². The number of nitrogen functional groups attached to an aromatic ring is 1. The van der Waals surface area contributed by atoms with Crippen LogP contribution in [0.2, 0.25) is 0 Å². The van der Waals surface area contributed by atoms with E-state index in [0.717, 1.165) is 26.1 Å². The predicted molar refractivity (Wildman–Crippen MR) is 76.0 cm³/mol. The Morgan fingerprint density at radius 1 is 1.35 bits per heavy atom. The summed E-state index contributed by atoms with van der Waals surface area (Å²) >= 11 is 0. The minimum Gasteiger partial charge on any atom is -0.398 e. The second-order valence-corrected chi connectivity index (χ2v) is 5.76. The number of benzene rings is 1. The Hall–Kier alpha value is -1.62. The zero-order valence-electron chi connectivity index (χ0n) is 11.7. The van der Waals surface area contributed by atoms with Crippen LogP contribution in [0.5, 0.6) is 0 Å². The van der Waals surface area contributed by atoms with Crippen LogP contribution in [-0.2, 0) is 0 Å². The summed E-state index contributed by atoms with van der Waals surface area (Å²) in [5.41, 5.74) is 6.86. The molecule has 1 atom stereocenters. The van der Waals surface area contributed by atoms with Gasteiger partial charge in [0.25, 0.3) is 5.91 Å². The normalized spacial score (nSPS) is 22.9. The van der Waals surface area contributed by atoms with Crippen LogP contribution < -0.4 is 5.73 Å². The fraction of sp³-hybridized carbons (Fsp3) is 0.533. The molecule has 1 aromatic carbocycles. The first-order valence-electron chi connectivity index (χ1n) is 7.15. The minimum absolute atomic E-state index is 0.109. The molecule has 0 aliphatic carbocycles. The van der Waals surface area contributed by atoms with Crippen LogP contribution >= 0.6 is 0 Å². The Bertz CT molecular complexity index is 523.